The van der Waals surface area contributed by atoms with Gasteiger partial charge in [-0.2, -0.15) is 0 Å². The third kappa shape index (κ3) is 10.1. The van der Waals surface area contributed by atoms with E-state index >= 15 is 0 Å². The van der Waals surface area contributed by atoms with Gasteiger partial charge >= 0.3 is 4.87 Å². The van der Waals surface area contributed by atoms with Gasteiger partial charge in [0, 0.05) is 36.6 Å². The van der Waals surface area contributed by atoms with Crippen LogP contribution in [-0.4, -0.2) is 101 Å². The molecule has 0 aliphatic carbocycles. The molecule has 1 amide bonds. The highest BCUT2D eigenvalue weighted by Crippen LogP contribution is 2.32. The number of H-pyrrole nitrogens is 1. The third-order valence-corrected chi connectivity index (χ3v) is 10.8. The number of rotatable bonds is 14. The van der Waals surface area contributed by atoms with Crippen LogP contribution in [0.3, 0.4) is 0 Å². The predicted molar refractivity (Wildman–Crippen MR) is 182 cm³/mol. The lowest BCUT2D eigenvalue weighted by molar-refractivity contribution is -0.127. The van der Waals surface area contributed by atoms with Gasteiger partial charge in [-0.1, -0.05) is 49.5 Å². The molecule has 1 atom stereocenters. The number of benzene rings is 1. The summed E-state index contributed by atoms with van der Waals surface area (Å²) in [7, 11) is 0. The number of fused-ring (bicyclic) bond motifs is 1. The number of aryl methyl sites for hydroxylation is 1. The first-order chi connectivity index (χ1) is 22.2. The van der Waals surface area contributed by atoms with E-state index in [0.29, 0.717) is 42.0 Å². The normalized spacial score (nSPS) is 17.1. The van der Waals surface area contributed by atoms with E-state index in [-0.39, 0.29) is 28.6 Å². The molecule has 254 valence electrons. The van der Waals surface area contributed by atoms with Gasteiger partial charge in [0.1, 0.15) is 11.3 Å². The van der Waals surface area contributed by atoms with Crippen LogP contribution in [0.5, 0.6) is 5.75 Å². The van der Waals surface area contributed by atoms with E-state index in [1.165, 1.54) is 49.5 Å². The number of thiazole rings is 1. The molecule has 0 bridgehead atoms. The number of aromatic amines is 1. The number of carboxylic acid groups (broad SMARTS) is 1. The van der Waals surface area contributed by atoms with Gasteiger partial charge in [-0.3, -0.25) is 14.4 Å². The molecule has 0 unspecified atom stereocenters. The number of aromatic hydroxyl groups is 1. The average Bonchev–Trinajstić information content (AvgIpc) is 3.66. The number of thiophene rings is 1. The number of piperidine rings is 1. The van der Waals surface area contributed by atoms with Crippen LogP contribution in [0.25, 0.3) is 10.2 Å². The second-order valence-electron chi connectivity index (χ2n) is 12.2. The maximum absolute atomic E-state index is 13.0. The molecule has 3 aromatic rings. The predicted octanol–water partition coefficient (Wildman–Crippen LogP) is 4.73. The summed E-state index contributed by atoms with van der Waals surface area (Å²) < 4.78 is 6.90. The number of nitrogens with one attached hydrogen (secondary N) is 2. The second-order valence-corrected chi connectivity index (χ2v) is 14.5. The smallest absolute Gasteiger partial charge is 0.305 e. The Morgan fingerprint density at radius 2 is 1.76 bits per heavy atom. The molecule has 5 N–H and O–H groups in total. The fourth-order valence-corrected chi connectivity index (χ4v) is 8.08. The number of aromatic nitrogens is 1. The molecule has 13 heteroatoms. The molecule has 0 saturated carbocycles. The van der Waals surface area contributed by atoms with Crippen molar-refractivity contribution in [1.29, 1.82) is 0 Å². The van der Waals surface area contributed by atoms with Gasteiger partial charge < -0.3 is 40.2 Å². The first-order valence-electron chi connectivity index (χ1n) is 16.3. The summed E-state index contributed by atoms with van der Waals surface area (Å²) in [6, 6.07) is 7.18. The molecule has 1 aromatic carbocycles. The van der Waals surface area contributed by atoms with E-state index in [1.54, 1.807) is 17.4 Å². The fraction of sp³-hybridized carbons (Fsp3) is 0.606. The molecule has 2 aromatic heterocycles. The van der Waals surface area contributed by atoms with E-state index in [4.69, 9.17) is 14.6 Å². The summed E-state index contributed by atoms with van der Waals surface area (Å²) in [6.07, 6.45) is 9.76. The van der Waals surface area contributed by atoms with Gasteiger partial charge in [0.25, 0.3) is 12.4 Å². The zero-order valence-corrected chi connectivity index (χ0v) is 28.3. The van der Waals surface area contributed by atoms with Crippen LogP contribution in [-0.2, 0) is 9.53 Å². The molecule has 2 saturated heterocycles. The summed E-state index contributed by atoms with van der Waals surface area (Å²) >= 11 is 2.60. The Bertz CT molecular complexity index is 1450. The lowest BCUT2D eigenvalue weighted by Gasteiger charge is -2.47. The van der Waals surface area contributed by atoms with Crippen LogP contribution in [0.2, 0.25) is 0 Å². The lowest BCUT2D eigenvalue weighted by Crippen LogP contribution is -2.58. The number of likely N-dealkylation sites (tertiary alicyclic amines) is 1. The second kappa shape index (κ2) is 17.9. The SMILES string of the molecule is Cc1ccc(C(=O)N2CCOC3(CCN(CCCCCCCCCNC[C@H](O)c4ccc(O)c5[nH]c(=O)sc45)CC3)C2)s1.O=CO. The molecular formula is C33H48N4O7S2. The van der Waals surface area contributed by atoms with Gasteiger partial charge in [-0.05, 0) is 63.9 Å². The van der Waals surface area contributed by atoms with Crippen molar-refractivity contribution in [3.8, 4) is 5.75 Å². The van der Waals surface area contributed by atoms with E-state index in [1.807, 2.05) is 24.0 Å². The minimum absolute atomic E-state index is 0.0263. The number of nitrogens with zero attached hydrogens (tertiary/aromatic N) is 2. The molecule has 2 aliphatic rings. The summed E-state index contributed by atoms with van der Waals surface area (Å²) in [5, 5.41) is 30.7. The Morgan fingerprint density at radius 3 is 2.46 bits per heavy atom. The molecule has 2 fully saturated rings. The number of carbonyl (C=O) groups is 2. The van der Waals surface area contributed by atoms with Crippen LogP contribution in [0.1, 0.15) is 84.0 Å². The number of hydrogen-bond acceptors (Lipinski definition) is 10. The summed E-state index contributed by atoms with van der Waals surface area (Å²) in [5.74, 6) is 0.182. The molecule has 1 spiro atoms. The standard InChI is InChI=1S/C32H46N4O5S2.CH2O2/c1-23-9-12-27(42-23)30(39)36-19-20-41-32(22-36)13-17-35(18-14-32)16-8-6-4-2-3-5-7-15-33-21-26(38)24-10-11-25(37)28-29(24)43-31(40)34-28;2-1-3/h9-12,26,33,37-38H,2-8,13-22H2,1H3,(H,34,40);1H,(H,2,3)/t26-;/m0./s1. The van der Waals surface area contributed by atoms with Crippen molar-refractivity contribution in [2.75, 3.05) is 52.4 Å². The number of hydrogen-bond donors (Lipinski definition) is 5. The number of morpholine rings is 1. The maximum atomic E-state index is 13.0. The number of aliphatic hydroxyl groups excluding tert-OH is 1. The summed E-state index contributed by atoms with van der Waals surface area (Å²) in [4.78, 5) is 42.0. The Balaban J connectivity index is 0.00000154. The van der Waals surface area contributed by atoms with Crippen LogP contribution >= 0.6 is 22.7 Å². The van der Waals surface area contributed by atoms with E-state index in [9.17, 15) is 19.8 Å². The highest BCUT2D eigenvalue weighted by atomic mass is 32.1. The number of unbranched alkanes of at least 4 members (excludes halogenated alkanes) is 6. The van der Waals surface area contributed by atoms with E-state index < -0.39 is 6.10 Å². The van der Waals surface area contributed by atoms with Gasteiger partial charge in [-0.25, -0.2) is 0 Å². The van der Waals surface area contributed by atoms with Crippen LogP contribution < -0.4 is 10.2 Å². The van der Waals surface area contributed by atoms with Crippen molar-refractivity contribution in [1.82, 2.24) is 20.1 Å². The average molecular weight is 677 g/mol. The maximum Gasteiger partial charge on any atom is 0.305 e. The number of carbonyl (C=O) groups excluding carboxylic acids is 1. The third-order valence-electron chi connectivity index (χ3n) is 8.87. The van der Waals surface area contributed by atoms with Crippen molar-refractivity contribution in [2.45, 2.75) is 76.4 Å². The Kier molecular flexibility index (Phi) is 14.0. The van der Waals surface area contributed by atoms with E-state index in [2.05, 4.69) is 15.2 Å². The first-order valence-corrected chi connectivity index (χ1v) is 17.9. The largest absolute Gasteiger partial charge is 0.506 e. The fourth-order valence-electron chi connectivity index (χ4n) is 6.33. The van der Waals surface area contributed by atoms with Crippen LogP contribution in [0.4, 0.5) is 0 Å². The Morgan fingerprint density at radius 1 is 1.07 bits per heavy atom. The number of amides is 1. The van der Waals surface area contributed by atoms with Crippen molar-refractivity contribution in [3.05, 3.63) is 49.3 Å². The minimum atomic E-state index is -0.727. The highest BCUT2D eigenvalue weighted by Gasteiger charge is 2.41. The molecule has 5 rings (SSSR count). The molecule has 0 radical (unpaired) electrons. The van der Waals surface area contributed by atoms with Gasteiger partial charge in [0.15, 0.2) is 0 Å². The number of phenolic OH excluding ortho intramolecular Hbond substituents is 1. The number of phenols is 1. The first kappa shape index (κ1) is 36.0. The van der Waals surface area contributed by atoms with Crippen LogP contribution in [0, 0.1) is 6.92 Å². The molecule has 4 heterocycles. The van der Waals surface area contributed by atoms with Crippen molar-refractivity contribution >= 4 is 45.3 Å². The monoisotopic (exact) mass is 676 g/mol. The Hall–Kier alpha value is -2.81. The zero-order chi connectivity index (χ0) is 32.9. The zero-order valence-electron chi connectivity index (χ0n) is 26.7. The van der Waals surface area contributed by atoms with Gasteiger partial charge in [0.2, 0.25) is 0 Å². The van der Waals surface area contributed by atoms with Gasteiger partial charge in [0.05, 0.1) is 34.4 Å². The summed E-state index contributed by atoms with van der Waals surface area (Å²) in [6.45, 7) is 8.33. The Labute approximate surface area is 278 Å². The summed E-state index contributed by atoms with van der Waals surface area (Å²) in [5.41, 5.74) is 0.889. The number of aliphatic hydroxyl groups is 1. The molecule has 46 heavy (non-hydrogen) atoms. The van der Waals surface area contributed by atoms with Crippen molar-refractivity contribution < 1.29 is 29.6 Å². The van der Waals surface area contributed by atoms with Gasteiger partial charge in [-0.15, -0.1) is 11.3 Å². The minimum Gasteiger partial charge on any atom is -0.506 e. The topological polar surface area (TPSA) is 155 Å². The van der Waals surface area contributed by atoms with Crippen molar-refractivity contribution in [3.63, 3.8) is 0 Å². The molecular weight excluding hydrogens is 629 g/mol. The number of ether oxygens (including phenoxy) is 1. The molecule has 11 nitrogen and oxygen atoms in total. The molecule has 2 aliphatic heterocycles. The highest BCUT2D eigenvalue weighted by molar-refractivity contribution is 7.16. The quantitative estimate of drug-likeness (QED) is 0.120. The van der Waals surface area contributed by atoms with Crippen molar-refractivity contribution in [2.24, 2.45) is 0 Å². The van der Waals surface area contributed by atoms with E-state index in [0.717, 1.165) is 61.7 Å². The van der Waals surface area contributed by atoms with Crippen LogP contribution in [0.15, 0.2) is 29.1 Å². The lowest BCUT2D eigenvalue weighted by atomic mass is 9.89.